The van der Waals surface area contributed by atoms with E-state index in [4.69, 9.17) is 16.3 Å². The number of ether oxygens (including phenoxy) is 1. The highest BCUT2D eigenvalue weighted by molar-refractivity contribution is 6.31. The van der Waals surface area contributed by atoms with Gasteiger partial charge in [0.2, 0.25) is 5.88 Å². The van der Waals surface area contributed by atoms with Crippen LogP contribution in [0, 0.1) is 5.82 Å². The summed E-state index contributed by atoms with van der Waals surface area (Å²) in [6.45, 7) is -0.127. The number of alkyl halides is 2. The summed E-state index contributed by atoms with van der Waals surface area (Å²) in [4.78, 5) is 18.1. The molecule has 0 atom stereocenters. The van der Waals surface area contributed by atoms with Crippen LogP contribution in [-0.4, -0.2) is 28.3 Å². The molecular weight excluding hydrogens is 411 g/mol. The third-order valence-electron chi connectivity index (χ3n) is 3.86. The highest BCUT2D eigenvalue weighted by atomic mass is 35.5. The number of aromatic nitrogens is 3. The average Bonchev–Trinajstić information content (AvgIpc) is 3.18. The first-order valence-electron chi connectivity index (χ1n) is 8.23. The number of carbonyl (C=O) groups excluding carboxylic acids is 1. The molecule has 2 heterocycles. The topological polar surface area (TPSA) is 83.1 Å². The Hall–Kier alpha value is -3.27. The number of amides is 2. The lowest BCUT2D eigenvalue weighted by molar-refractivity contribution is 0.146. The zero-order chi connectivity index (χ0) is 21.0. The Morgan fingerprint density at radius 1 is 1.31 bits per heavy atom. The minimum absolute atomic E-state index is 0.127. The van der Waals surface area contributed by atoms with E-state index in [1.165, 1.54) is 30.3 Å². The van der Waals surface area contributed by atoms with Crippen LogP contribution in [0.4, 0.5) is 29.3 Å². The Balaban J connectivity index is 1.87. The molecule has 0 aliphatic carbocycles. The summed E-state index contributed by atoms with van der Waals surface area (Å²) in [5.41, 5.74) is 0.461. The van der Waals surface area contributed by atoms with E-state index < -0.39 is 18.3 Å². The van der Waals surface area contributed by atoms with Gasteiger partial charge in [0, 0.05) is 11.8 Å². The maximum atomic E-state index is 13.3. The van der Waals surface area contributed by atoms with E-state index in [1.54, 1.807) is 12.1 Å². The predicted molar refractivity (Wildman–Crippen MR) is 101 cm³/mol. The zero-order valence-corrected chi connectivity index (χ0v) is 15.8. The third-order valence-corrected chi connectivity index (χ3v) is 4.15. The first-order chi connectivity index (χ1) is 13.9. The van der Waals surface area contributed by atoms with Gasteiger partial charge in [-0.15, -0.1) is 0 Å². The van der Waals surface area contributed by atoms with Crippen molar-refractivity contribution in [1.82, 2.24) is 15.2 Å². The highest BCUT2D eigenvalue weighted by Gasteiger charge is 2.20. The van der Waals surface area contributed by atoms with E-state index in [1.807, 2.05) is 0 Å². The number of rotatable bonds is 6. The Labute approximate surface area is 168 Å². The van der Waals surface area contributed by atoms with Gasteiger partial charge in [0.05, 0.1) is 36.3 Å². The van der Waals surface area contributed by atoms with Gasteiger partial charge < -0.3 is 10.1 Å². The Morgan fingerprint density at radius 3 is 2.69 bits per heavy atom. The molecule has 2 N–H and O–H groups in total. The largest absolute Gasteiger partial charge is 0.481 e. The van der Waals surface area contributed by atoms with Crippen LogP contribution >= 0.6 is 11.6 Å². The van der Waals surface area contributed by atoms with E-state index in [2.05, 4.69) is 20.5 Å². The quantitative estimate of drug-likeness (QED) is 0.595. The van der Waals surface area contributed by atoms with Gasteiger partial charge in [-0.2, -0.15) is 5.10 Å². The van der Waals surface area contributed by atoms with Crippen LogP contribution in [0.15, 0.2) is 42.6 Å². The lowest BCUT2D eigenvalue weighted by Crippen LogP contribution is -2.34. The van der Waals surface area contributed by atoms with Gasteiger partial charge in [0.1, 0.15) is 11.5 Å². The molecule has 2 amide bonds. The molecule has 0 bridgehead atoms. The van der Waals surface area contributed by atoms with E-state index in [9.17, 15) is 18.0 Å². The smallest absolute Gasteiger partial charge is 0.326 e. The number of nitrogens with one attached hydrogen (secondary N) is 2. The number of aromatic amines is 1. The van der Waals surface area contributed by atoms with E-state index in [-0.39, 0.29) is 28.6 Å². The van der Waals surface area contributed by atoms with Crippen molar-refractivity contribution in [2.75, 3.05) is 17.3 Å². The molecule has 0 fully saturated rings. The van der Waals surface area contributed by atoms with Gasteiger partial charge in [0.25, 0.3) is 6.43 Å². The fraction of sp³-hybridized carbons (Fsp3) is 0.167. The van der Waals surface area contributed by atoms with Crippen molar-refractivity contribution in [2.45, 2.75) is 13.0 Å². The van der Waals surface area contributed by atoms with Gasteiger partial charge in [-0.05, 0) is 30.3 Å². The maximum Gasteiger partial charge on any atom is 0.326 e. The number of pyridine rings is 1. The van der Waals surface area contributed by atoms with Crippen LogP contribution in [0.3, 0.4) is 0 Å². The molecule has 0 radical (unpaired) electrons. The second-order valence-corrected chi connectivity index (χ2v) is 6.23. The summed E-state index contributed by atoms with van der Waals surface area (Å²) in [5, 5.41) is 8.46. The van der Waals surface area contributed by atoms with Crippen molar-refractivity contribution in [1.29, 1.82) is 0 Å². The SMILES string of the molecule is COc1ccc(N(Cc2cc(C(F)F)[nH]n2)C(=O)Nc2ccc(F)c(Cl)c2)cn1. The molecule has 11 heteroatoms. The van der Waals surface area contributed by atoms with Crippen molar-refractivity contribution in [3.63, 3.8) is 0 Å². The number of benzene rings is 1. The van der Waals surface area contributed by atoms with Crippen molar-refractivity contribution in [3.8, 4) is 5.88 Å². The lowest BCUT2D eigenvalue weighted by atomic mass is 10.3. The number of methoxy groups -OCH3 is 1. The van der Waals surface area contributed by atoms with Gasteiger partial charge in [-0.3, -0.25) is 10.00 Å². The lowest BCUT2D eigenvalue weighted by Gasteiger charge is -2.22. The summed E-state index contributed by atoms with van der Waals surface area (Å²) in [6.07, 6.45) is -1.33. The molecule has 0 aliphatic rings. The highest BCUT2D eigenvalue weighted by Crippen LogP contribution is 2.24. The molecule has 7 nitrogen and oxygen atoms in total. The number of halogens is 4. The van der Waals surface area contributed by atoms with Gasteiger partial charge in [-0.25, -0.2) is 22.9 Å². The second kappa shape index (κ2) is 8.82. The minimum Gasteiger partial charge on any atom is -0.481 e. The molecule has 0 spiro atoms. The molecule has 3 aromatic rings. The van der Waals surface area contributed by atoms with Crippen molar-refractivity contribution in [3.05, 3.63) is 64.8 Å². The van der Waals surface area contributed by atoms with Crippen LogP contribution in [0.25, 0.3) is 0 Å². The first kappa shape index (κ1) is 20.5. The zero-order valence-electron chi connectivity index (χ0n) is 15.0. The molecule has 152 valence electrons. The Bertz CT molecular complexity index is 997. The molecule has 0 aliphatic heterocycles. The number of hydrogen-bond acceptors (Lipinski definition) is 4. The van der Waals surface area contributed by atoms with Gasteiger partial charge in [-0.1, -0.05) is 11.6 Å². The fourth-order valence-corrected chi connectivity index (χ4v) is 2.61. The molecule has 0 unspecified atom stereocenters. The fourth-order valence-electron chi connectivity index (χ4n) is 2.43. The third kappa shape index (κ3) is 4.96. The summed E-state index contributed by atoms with van der Waals surface area (Å²) in [7, 11) is 1.44. The summed E-state index contributed by atoms with van der Waals surface area (Å²) >= 11 is 5.74. The van der Waals surface area contributed by atoms with Gasteiger partial charge in [0.15, 0.2) is 0 Å². The monoisotopic (exact) mass is 425 g/mol. The van der Waals surface area contributed by atoms with Crippen molar-refractivity contribution in [2.24, 2.45) is 0 Å². The maximum absolute atomic E-state index is 13.3. The van der Waals surface area contributed by atoms with E-state index in [0.29, 0.717) is 11.6 Å². The number of H-pyrrole nitrogens is 1. The second-order valence-electron chi connectivity index (χ2n) is 5.82. The average molecular weight is 426 g/mol. The predicted octanol–water partition coefficient (Wildman–Crippen LogP) is 4.78. The van der Waals surface area contributed by atoms with Crippen molar-refractivity contribution < 1.29 is 22.7 Å². The number of hydrogen-bond donors (Lipinski definition) is 2. The minimum atomic E-state index is -2.72. The van der Waals surface area contributed by atoms with E-state index >= 15 is 0 Å². The standard InChI is InChI=1S/C18H15ClF3N5O2/c1-29-16-5-3-12(8-23-16)27(9-11-7-15(17(21)22)26-25-11)18(28)24-10-2-4-14(20)13(19)6-10/h2-8,17H,9H2,1H3,(H,24,28)(H,25,26). The van der Waals surface area contributed by atoms with Crippen LogP contribution in [-0.2, 0) is 6.54 Å². The van der Waals surface area contributed by atoms with Crippen molar-refractivity contribution >= 4 is 29.0 Å². The Morgan fingerprint density at radius 2 is 2.10 bits per heavy atom. The van der Waals surface area contributed by atoms with Crippen LogP contribution in [0.5, 0.6) is 5.88 Å². The molecule has 0 saturated heterocycles. The normalized spacial score (nSPS) is 10.8. The molecule has 29 heavy (non-hydrogen) atoms. The van der Waals surface area contributed by atoms with E-state index in [0.717, 1.165) is 12.1 Å². The molecule has 2 aromatic heterocycles. The first-order valence-corrected chi connectivity index (χ1v) is 8.61. The number of urea groups is 1. The molecule has 3 rings (SSSR count). The van der Waals surface area contributed by atoms with Crippen LogP contribution in [0.1, 0.15) is 17.8 Å². The van der Waals surface area contributed by atoms with Crippen LogP contribution < -0.4 is 15.0 Å². The number of anilines is 2. The molecule has 1 aromatic carbocycles. The Kier molecular flexibility index (Phi) is 6.23. The summed E-state index contributed by atoms with van der Waals surface area (Å²) < 4.78 is 44.0. The van der Waals surface area contributed by atoms with Gasteiger partial charge >= 0.3 is 6.03 Å². The summed E-state index contributed by atoms with van der Waals surface area (Å²) in [5.74, 6) is -0.295. The van der Waals surface area contributed by atoms with Crippen LogP contribution in [0.2, 0.25) is 5.02 Å². The molecular formula is C18H15ClF3N5O2. The molecule has 0 saturated carbocycles. The number of nitrogens with zero attached hydrogens (tertiary/aromatic N) is 3. The number of carbonyl (C=O) groups is 1. The summed E-state index contributed by atoms with van der Waals surface area (Å²) in [6, 6.07) is 7.36.